The molecule has 0 spiro atoms. The van der Waals surface area contributed by atoms with E-state index >= 15 is 0 Å². The molecule has 2 aromatic rings. The fourth-order valence-electron chi connectivity index (χ4n) is 3.15. The SMILES string of the molecule is CC(=O)N(C)C1COCCn2c1nc(CC(=O)NCc1ccc(F)cc1)c(O)c2=O. The number of rotatable bonds is 5. The number of aromatic nitrogens is 2. The molecule has 0 fully saturated rings. The first-order valence-corrected chi connectivity index (χ1v) is 9.42. The molecule has 1 atom stereocenters. The largest absolute Gasteiger partial charge is 0.502 e. The highest BCUT2D eigenvalue weighted by Gasteiger charge is 2.29. The van der Waals surface area contributed by atoms with Gasteiger partial charge in [-0.05, 0) is 17.7 Å². The van der Waals surface area contributed by atoms with Crippen molar-refractivity contribution in [2.45, 2.75) is 32.5 Å². The number of hydrogen-bond donors (Lipinski definition) is 2. The molecule has 1 aliphatic rings. The summed E-state index contributed by atoms with van der Waals surface area (Å²) in [5.74, 6) is -1.43. The molecule has 1 aliphatic heterocycles. The number of ether oxygens (including phenoxy) is 1. The van der Waals surface area contributed by atoms with Crippen LogP contribution in [0.4, 0.5) is 4.39 Å². The maximum atomic E-state index is 13.0. The smallest absolute Gasteiger partial charge is 0.296 e. The minimum Gasteiger partial charge on any atom is -0.502 e. The maximum Gasteiger partial charge on any atom is 0.296 e. The molecule has 0 radical (unpaired) electrons. The Morgan fingerprint density at radius 3 is 2.73 bits per heavy atom. The first-order valence-electron chi connectivity index (χ1n) is 9.42. The van der Waals surface area contributed by atoms with Crippen LogP contribution in [-0.2, 0) is 33.8 Å². The summed E-state index contributed by atoms with van der Waals surface area (Å²) in [6.45, 7) is 2.09. The highest BCUT2D eigenvalue weighted by molar-refractivity contribution is 5.78. The first kappa shape index (κ1) is 21.4. The summed E-state index contributed by atoms with van der Waals surface area (Å²) in [4.78, 5) is 42.6. The van der Waals surface area contributed by atoms with Gasteiger partial charge in [-0.3, -0.25) is 19.0 Å². The number of nitrogens with zero attached hydrogens (tertiary/aromatic N) is 3. The zero-order chi connectivity index (χ0) is 21.8. The van der Waals surface area contributed by atoms with Crippen molar-refractivity contribution in [2.75, 3.05) is 20.3 Å². The molecule has 1 aromatic heterocycles. The van der Waals surface area contributed by atoms with Gasteiger partial charge in [-0.15, -0.1) is 0 Å². The Morgan fingerprint density at radius 2 is 2.07 bits per heavy atom. The molecule has 1 unspecified atom stereocenters. The summed E-state index contributed by atoms with van der Waals surface area (Å²) in [6, 6.07) is 5.04. The zero-order valence-electron chi connectivity index (χ0n) is 16.7. The number of nitrogens with one attached hydrogen (secondary N) is 1. The number of fused-ring (bicyclic) bond motifs is 1. The van der Waals surface area contributed by atoms with E-state index in [1.165, 1.54) is 28.5 Å². The Morgan fingerprint density at radius 1 is 1.37 bits per heavy atom. The molecule has 0 saturated heterocycles. The number of hydrogen-bond acceptors (Lipinski definition) is 6. The molecule has 2 amide bonds. The van der Waals surface area contributed by atoms with Crippen molar-refractivity contribution in [1.29, 1.82) is 0 Å². The lowest BCUT2D eigenvalue weighted by Gasteiger charge is -2.26. The molecule has 0 saturated carbocycles. The van der Waals surface area contributed by atoms with Crippen molar-refractivity contribution in [3.05, 3.63) is 57.5 Å². The minimum absolute atomic E-state index is 0.0771. The second-order valence-corrected chi connectivity index (χ2v) is 7.02. The van der Waals surface area contributed by atoms with Gasteiger partial charge >= 0.3 is 0 Å². The molecule has 1 aromatic carbocycles. The normalized spacial score (nSPS) is 15.8. The number of likely N-dealkylation sites (N-methyl/N-ethyl adjacent to an activating group) is 1. The van der Waals surface area contributed by atoms with Crippen LogP contribution in [0.3, 0.4) is 0 Å². The number of amides is 2. The van der Waals surface area contributed by atoms with E-state index in [0.29, 0.717) is 5.56 Å². The molecule has 2 heterocycles. The van der Waals surface area contributed by atoms with Crippen molar-refractivity contribution in [3.63, 3.8) is 0 Å². The van der Waals surface area contributed by atoms with E-state index in [4.69, 9.17) is 4.74 Å². The van der Waals surface area contributed by atoms with E-state index in [1.807, 2.05) is 0 Å². The number of benzene rings is 1. The summed E-state index contributed by atoms with van der Waals surface area (Å²) in [5.41, 5.74) is -0.0651. The number of carbonyl (C=O) groups is 2. The Labute approximate surface area is 172 Å². The van der Waals surface area contributed by atoms with Gasteiger partial charge in [0, 0.05) is 20.5 Å². The third kappa shape index (κ3) is 4.65. The van der Waals surface area contributed by atoms with Gasteiger partial charge in [0.25, 0.3) is 5.56 Å². The molecule has 3 rings (SSSR count). The number of carbonyl (C=O) groups excluding carboxylic acids is 2. The fourth-order valence-corrected chi connectivity index (χ4v) is 3.15. The van der Waals surface area contributed by atoms with Crippen LogP contribution >= 0.6 is 0 Å². The summed E-state index contributed by atoms with van der Waals surface area (Å²) >= 11 is 0. The maximum absolute atomic E-state index is 13.0. The summed E-state index contributed by atoms with van der Waals surface area (Å²) in [7, 11) is 1.57. The first-order chi connectivity index (χ1) is 14.3. The van der Waals surface area contributed by atoms with Gasteiger partial charge in [-0.1, -0.05) is 12.1 Å². The molecule has 160 valence electrons. The van der Waals surface area contributed by atoms with Crippen LogP contribution in [0.1, 0.15) is 30.0 Å². The van der Waals surface area contributed by atoms with Crippen molar-refractivity contribution >= 4 is 11.8 Å². The minimum atomic E-state index is -0.686. The third-order valence-electron chi connectivity index (χ3n) is 4.98. The molecule has 10 heteroatoms. The van der Waals surface area contributed by atoms with Crippen LogP contribution in [0.5, 0.6) is 5.75 Å². The van der Waals surface area contributed by atoms with Gasteiger partial charge in [0.2, 0.25) is 17.6 Å². The summed E-state index contributed by atoms with van der Waals surface area (Å²) < 4.78 is 19.7. The van der Waals surface area contributed by atoms with Gasteiger partial charge in [0.15, 0.2) is 0 Å². The van der Waals surface area contributed by atoms with Crippen LogP contribution in [0.15, 0.2) is 29.1 Å². The van der Waals surface area contributed by atoms with Crippen molar-refractivity contribution < 1.29 is 23.8 Å². The van der Waals surface area contributed by atoms with Crippen LogP contribution in [-0.4, -0.2) is 51.6 Å². The second kappa shape index (κ2) is 9.04. The van der Waals surface area contributed by atoms with Crippen LogP contribution < -0.4 is 10.9 Å². The van der Waals surface area contributed by atoms with Crippen molar-refractivity contribution in [3.8, 4) is 5.75 Å². The van der Waals surface area contributed by atoms with E-state index in [2.05, 4.69) is 10.3 Å². The van der Waals surface area contributed by atoms with Crippen LogP contribution in [0.2, 0.25) is 0 Å². The quantitative estimate of drug-likeness (QED) is 0.731. The van der Waals surface area contributed by atoms with Gasteiger partial charge in [-0.2, -0.15) is 0 Å². The molecular formula is C20H23FN4O5. The van der Waals surface area contributed by atoms with E-state index in [9.17, 15) is 23.9 Å². The Balaban J connectivity index is 1.83. The Hall–Kier alpha value is -3.27. The predicted molar refractivity (Wildman–Crippen MR) is 104 cm³/mol. The summed E-state index contributed by atoms with van der Waals surface area (Å²) in [6.07, 6.45) is -0.326. The standard InChI is InChI=1S/C20H23FN4O5/c1-12(26)24(2)16-11-30-8-7-25-19(16)23-15(18(28)20(25)29)9-17(27)22-10-13-3-5-14(21)6-4-13/h3-6,16,28H,7-11H2,1-2H3,(H,22,27). The average Bonchev–Trinajstić information content (AvgIpc) is 2.93. The Kier molecular flexibility index (Phi) is 6.46. The summed E-state index contributed by atoms with van der Waals surface area (Å²) in [5, 5.41) is 13.0. The van der Waals surface area contributed by atoms with Gasteiger partial charge in [0.05, 0.1) is 31.9 Å². The monoisotopic (exact) mass is 418 g/mol. The van der Waals surface area contributed by atoms with Gasteiger partial charge in [0.1, 0.15) is 17.7 Å². The molecule has 0 aliphatic carbocycles. The van der Waals surface area contributed by atoms with Crippen molar-refractivity contribution in [1.82, 2.24) is 19.8 Å². The van der Waals surface area contributed by atoms with Gasteiger partial charge < -0.3 is 20.1 Å². The molecule has 9 nitrogen and oxygen atoms in total. The Bertz CT molecular complexity index is 1010. The lowest BCUT2D eigenvalue weighted by Crippen LogP contribution is -2.37. The van der Waals surface area contributed by atoms with Crippen LogP contribution in [0, 0.1) is 5.82 Å². The lowest BCUT2D eigenvalue weighted by molar-refractivity contribution is -0.131. The third-order valence-corrected chi connectivity index (χ3v) is 4.98. The predicted octanol–water partition coefficient (Wildman–Crippen LogP) is 0.496. The molecular weight excluding hydrogens is 395 g/mol. The van der Waals surface area contributed by atoms with E-state index in [0.717, 1.165) is 0 Å². The molecule has 2 N–H and O–H groups in total. The molecule has 30 heavy (non-hydrogen) atoms. The second-order valence-electron chi connectivity index (χ2n) is 7.02. The van der Waals surface area contributed by atoms with E-state index in [1.54, 1.807) is 19.2 Å². The lowest BCUT2D eigenvalue weighted by atomic mass is 10.2. The number of aromatic hydroxyl groups is 1. The average molecular weight is 418 g/mol. The van der Waals surface area contributed by atoms with E-state index < -0.39 is 23.3 Å². The van der Waals surface area contributed by atoms with Gasteiger partial charge in [-0.25, -0.2) is 9.37 Å². The topological polar surface area (TPSA) is 114 Å². The van der Waals surface area contributed by atoms with Crippen LogP contribution in [0.25, 0.3) is 0 Å². The van der Waals surface area contributed by atoms with Crippen molar-refractivity contribution in [2.24, 2.45) is 0 Å². The van der Waals surface area contributed by atoms with E-state index in [-0.39, 0.29) is 56.0 Å². The zero-order valence-corrected chi connectivity index (χ0v) is 16.7. The highest BCUT2D eigenvalue weighted by atomic mass is 19.1. The highest BCUT2D eigenvalue weighted by Crippen LogP contribution is 2.23. The number of halogens is 1. The fraction of sp³-hybridized carbons (Fsp3) is 0.400. The molecule has 0 bridgehead atoms.